The molecule has 0 heterocycles. The van der Waals surface area contributed by atoms with E-state index >= 15 is 0 Å². The van der Waals surface area contributed by atoms with E-state index in [1.54, 1.807) is 0 Å². The Morgan fingerprint density at radius 2 is 2.00 bits per heavy atom. The number of ether oxygens (including phenoxy) is 1. The van der Waals surface area contributed by atoms with Crippen LogP contribution in [0, 0.1) is 11.6 Å². The summed E-state index contributed by atoms with van der Waals surface area (Å²) in [7, 11) is 0. The zero-order chi connectivity index (χ0) is 15.2. The van der Waals surface area contributed by atoms with Crippen LogP contribution in [0.4, 0.5) is 8.78 Å². The van der Waals surface area contributed by atoms with Gasteiger partial charge in [-0.3, -0.25) is 4.79 Å². The second-order valence-corrected chi connectivity index (χ2v) is 5.19. The maximum Gasteiger partial charge on any atom is 0.258 e. The van der Waals surface area contributed by atoms with Crippen LogP contribution in [0.1, 0.15) is 5.56 Å². The molecule has 0 radical (unpaired) electrons. The Morgan fingerprint density at radius 1 is 1.19 bits per heavy atom. The fraction of sp³-hybridized carbons (Fsp3) is 0.133. The van der Waals surface area contributed by atoms with E-state index in [0.29, 0.717) is 12.6 Å². The van der Waals surface area contributed by atoms with Crippen molar-refractivity contribution in [3.8, 4) is 5.75 Å². The molecule has 0 bridgehead atoms. The van der Waals surface area contributed by atoms with Gasteiger partial charge < -0.3 is 10.1 Å². The van der Waals surface area contributed by atoms with Gasteiger partial charge in [-0.05, 0) is 29.8 Å². The van der Waals surface area contributed by atoms with Gasteiger partial charge >= 0.3 is 0 Å². The topological polar surface area (TPSA) is 38.3 Å². The third kappa shape index (κ3) is 4.82. The minimum absolute atomic E-state index is 0.158. The Kier molecular flexibility index (Phi) is 5.27. The van der Waals surface area contributed by atoms with Gasteiger partial charge in [0.05, 0.1) is 0 Å². The molecule has 0 atom stereocenters. The predicted octanol–water partition coefficient (Wildman–Crippen LogP) is 3.42. The molecule has 21 heavy (non-hydrogen) atoms. The van der Waals surface area contributed by atoms with Crippen LogP contribution in [-0.2, 0) is 11.3 Å². The molecule has 0 aliphatic rings. The molecule has 2 rings (SSSR count). The minimum Gasteiger partial charge on any atom is -0.481 e. The number of carbonyl (C=O) groups is 1. The number of benzene rings is 2. The smallest absolute Gasteiger partial charge is 0.258 e. The highest BCUT2D eigenvalue weighted by molar-refractivity contribution is 9.10. The number of rotatable bonds is 5. The minimum atomic E-state index is -0.838. The third-order valence-corrected chi connectivity index (χ3v) is 3.12. The van der Waals surface area contributed by atoms with Crippen LogP contribution < -0.4 is 10.1 Å². The molecular weight excluding hydrogens is 344 g/mol. The average Bonchev–Trinajstić information content (AvgIpc) is 2.44. The lowest BCUT2D eigenvalue weighted by molar-refractivity contribution is -0.123. The summed E-state index contributed by atoms with van der Waals surface area (Å²) >= 11 is 3.33. The molecule has 0 saturated heterocycles. The second kappa shape index (κ2) is 7.17. The van der Waals surface area contributed by atoms with Gasteiger partial charge in [-0.1, -0.05) is 28.1 Å². The summed E-state index contributed by atoms with van der Waals surface area (Å²) in [6.07, 6.45) is 0. The van der Waals surface area contributed by atoms with Crippen molar-refractivity contribution in [3.05, 3.63) is 64.1 Å². The summed E-state index contributed by atoms with van der Waals surface area (Å²) in [6, 6.07) is 10.4. The van der Waals surface area contributed by atoms with Crippen LogP contribution in [0.5, 0.6) is 5.75 Å². The Hall–Kier alpha value is -1.95. The third-order valence-electron chi connectivity index (χ3n) is 2.63. The predicted molar refractivity (Wildman–Crippen MR) is 77.8 cm³/mol. The summed E-state index contributed by atoms with van der Waals surface area (Å²) < 4.78 is 31.9. The van der Waals surface area contributed by atoms with Crippen molar-refractivity contribution in [2.24, 2.45) is 0 Å². The van der Waals surface area contributed by atoms with Crippen molar-refractivity contribution >= 4 is 21.8 Å². The summed E-state index contributed by atoms with van der Waals surface area (Å²) in [5, 5.41) is 2.65. The van der Waals surface area contributed by atoms with Crippen LogP contribution in [0.25, 0.3) is 0 Å². The first kappa shape index (κ1) is 15.4. The average molecular weight is 356 g/mol. The first-order valence-corrected chi connectivity index (χ1v) is 6.93. The van der Waals surface area contributed by atoms with Gasteiger partial charge in [0.2, 0.25) is 0 Å². The number of hydrogen-bond acceptors (Lipinski definition) is 2. The molecule has 0 aromatic heterocycles. The zero-order valence-corrected chi connectivity index (χ0v) is 12.5. The molecule has 0 fully saturated rings. The number of amides is 1. The fourth-order valence-electron chi connectivity index (χ4n) is 1.63. The monoisotopic (exact) mass is 355 g/mol. The Balaban J connectivity index is 1.82. The van der Waals surface area contributed by atoms with E-state index in [1.165, 1.54) is 0 Å². The van der Waals surface area contributed by atoms with Gasteiger partial charge in [0.25, 0.3) is 5.91 Å². The van der Waals surface area contributed by atoms with Gasteiger partial charge in [-0.25, -0.2) is 8.78 Å². The van der Waals surface area contributed by atoms with Crippen molar-refractivity contribution in [1.29, 1.82) is 0 Å². The summed E-state index contributed by atoms with van der Waals surface area (Å²) in [6.45, 7) is 0.00406. The lowest BCUT2D eigenvalue weighted by atomic mass is 10.2. The van der Waals surface area contributed by atoms with Gasteiger partial charge in [0.1, 0.15) is 5.82 Å². The van der Waals surface area contributed by atoms with Crippen molar-refractivity contribution < 1.29 is 18.3 Å². The van der Waals surface area contributed by atoms with E-state index in [0.717, 1.165) is 22.2 Å². The molecule has 6 heteroatoms. The molecule has 1 amide bonds. The van der Waals surface area contributed by atoms with Gasteiger partial charge in [-0.2, -0.15) is 0 Å². The number of nitrogens with one attached hydrogen (secondary N) is 1. The maximum absolute atomic E-state index is 13.3. The highest BCUT2D eigenvalue weighted by Crippen LogP contribution is 2.17. The standard InChI is InChI=1S/C15H12BrF2NO2/c16-11-3-1-2-10(6-11)8-19-15(20)9-21-14-5-4-12(17)7-13(14)18/h1-7H,8-9H2,(H,19,20). The summed E-state index contributed by atoms with van der Waals surface area (Å²) in [4.78, 5) is 11.6. The highest BCUT2D eigenvalue weighted by Gasteiger charge is 2.08. The van der Waals surface area contributed by atoms with Crippen LogP contribution in [0.3, 0.4) is 0 Å². The molecular formula is C15H12BrF2NO2. The van der Waals surface area contributed by atoms with E-state index in [2.05, 4.69) is 21.2 Å². The van der Waals surface area contributed by atoms with Crippen molar-refractivity contribution in [2.75, 3.05) is 6.61 Å². The first-order chi connectivity index (χ1) is 10.0. The SMILES string of the molecule is O=C(COc1ccc(F)cc1F)NCc1cccc(Br)c1. The van der Waals surface area contributed by atoms with Gasteiger partial charge in [-0.15, -0.1) is 0 Å². The molecule has 0 aliphatic heterocycles. The van der Waals surface area contributed by atoms with Crippen LogP contribution in [0.15, 0.2) is 46.9 Å². The van der Waals surface area contributed by atoms with E-state index in [-0.39, 0.29) is 12.4 Å². The van der Waals surface area contributed by atoms with Crippen LogP contribution in [0.2, 0.25) is 0 Å². The Bertz CT molecular complexity index is 649. The molecule has 1 N–H and O–H groups in total. The van der Waals surface area contributed by atoms with Crippen molar-refractivity contribution in [2.45, 2.75) is 6.54 Å². The summed E-state index contributed by atoms with van der Waals surface area (Å²) in [5.74, 6) is -2.08. The van der Waals surface area contributed by atoms with Crippen LogP contribution in [-0.4, -0.2) is 12.5 Å². The molecule has 0 spiro atoms. The number of carbonyl (C=O) groups excluding carboxylic acids is 1. The van der Waals surface area contributed by atoms with Gasteiger partial charge in [0.15, 0.2) is 18.2 Å². The van der Waals surface area contributed by atoms with E-state index in [4.69, 9.17) is 4.74 Å². The number of hydrogen-bond donors (Lipinski definition) is 1. The van der Waals surface area contributed by atoms with Gasteiger partial charge in [0, 0.05) is 17.1 Å². The van der Waals surface area contributed by atoms with E-state index in [1.807, 2.05) is 24.3 Å². The molecule has 2 aromatic carbocycles. The highest BCUT2D eigenvalue weighted by atomic mass is 79.9. The maximum atomic E-state index is 13.3. The van der Waals surface area contributed by atoms with E-state index < -0.39 is 17.5 Å². The Labute approximate surface area is 129 Å². The van der Waals surface area contributed by atoms with E-state index in [9.17, 15) is 13.6 Å². The second-order valence-electron chi connectivity index (χ2n) is 4.27. The molecule has 2 aromatic rings. The Morgan fingerprint density at radius 3 is 2.71 bits per heavy atom. The quantitative estimate of drug-likeness (QED) is 0.892. The summed E-state index contributed by atoms with van der Waals surface area (Å²) in [5.41, 5.74) is 0.922. The lowest BCUT2D eigenvalue weighted by Crippen LogP contribution is -2.28. The normalized spacial score (nSPS) is 10.2. The molecule has 3 nitrogen and oxygen atoms in total. The molecule has 0 unspecified atom stereocenters. The molecule has 0 saturated carbocycles. The zero-order valence-electron chi connectivity index (χ0n) is 10.9. The largest absolute Gasteiger partial charge is 0.481 e. The van der Waals surface area contributed by atoms with Crippen molar-refractivity contribution in [1.82, 2.24) is 5.32 Å². The molecule has 0 aliphatic carbocycles. The number of halogens is 3. The van der Waals surface area contributed by atoms with Crippen LogP contribution >= 0.6 is 15.9 Å². The molecule has 110 valence electrons. The lowest BCUT2D eigenvalue weighted by Gasteiger charge is -2.08. The fourth-order valence-corrected chi connectivity index (χ4v) is 2.08. The van der Waals surface area contributed by atoms with Crippen molar-refractivity contribution in [3.63, 3.8) is 0 Å². The first-order valence-electron chi connectivity index (χ1n) is 6.13.